The van der Waals surface area contributed by atoms with Crippen LogP contribution < -0.4 is 9.80 Å². The molecule has 9 rings (SSSR count). The Morgan fingerprint density at radius 2 is 1.36 bits per heavy atom. The van der Waals surface area contributed by atoms with E-state index in [2.05, 4.69) is 12.1 Å². The molecule has 2 bridgehead atoms. The molecule has 0 aromatic heterocycles. The molecule has 2 atom stereocenters. The molecular formula is C35H31Cl2N2O3. The van der Waals surface area contributed by atoms with E-state index in [0.29, 0.717) is 37.7 Å². The van der Waals surface area contributed by atoms with Crippen molar-refractivity contribution in [2.24, 2.45) is 10.8 Å². The van der Waals surface area contributed by atoms with Gasteiger partial charge in [0.25, 0.3) is 0 Å². The maximum absolute atomic E-state index is 14.4. The fourth-order valence-corrected chi connectivity index (χ4v) is 9.29. The summed E-state index contributed by atoms with van der Waals surface area (Å²) in [5.74, 6) is 1.24. The number of benzene rings is 4. The van der Waals surface area contributed by atoms with Crippen LogP contribution in [0, 0.1) is 16.9 Å². The number of carbonyl (C=O) groups excluding carboxylic acids is 2. The molecule has 0 unspecified atom stereocenters. The normalized spacial score (nSPS) is 27.7. The van der Waals surface area contributed by atoms with Gasteiger partial charge in [-0.1, -0.05) is 55.0 Å². The summed E-state index contributed by atoms with van der Waals surface area (Å²) in [6, 6.07) is 23.0. The molecule has 1 radical (unpaired) electrons. The van der Waals surface area contributed by atoms with Crippen molar-refractivity contribution in [3.05, 3.63) is 77.9 Å². The van der Waals surface area contributed by atoms with Gasteiger partial charge in [0, 0.05) is 53.8 Å². The Morgan fingerprint density at radius 3 is 2.00 bits per heavy atom. The summed E-state index contributed by atoms with van der Waals surface area (Å²) in [6.07, 6.45) is 3.52. The number of alkyl halides is 2. The Kier molecular flexibility index (Phi) is 5.87. The highest BCUT2D eigenvalue weighted by atomic mass is 35.5. The van der Waals surface area contributed by atoms with E-state index in [9.17, 15) is 14.7 Å². The summed E-state index contributed by atoms with van der Waals surface area (Å²) in [5, 5.41) is 14.7. The van der Waals surface area contributed by atoms with Crippen molar-refractivity contribution in [3.63, 3.8) is 0 Å². The number of anilines is 2. The van der Waals surface area contributed by atoms with Crippen LogP contribution in [-0.4, -0.2) is 41.8 Å². The predicted octanol–water partition coefficient (Wildman–Crippen LogP) is 7.49. The van der Waals surface area contributed by atoms with E-state index in [1.54, 1.807) is 6.07 Å². The third kappa shape index (κ3) is 3.50. The summed E-state index contributed by atoms with van der Waals surface area (Å²) >= 11 is 12.9. The van der Waals surface area contributed by atoms with Gasteiger partial charge in [0.15, 0.2) is 0 Å². The van der Waals surface area contributed by atoms with Gasteiger partial charge in [-0.3, -0.25) is 9.59 Å². The van der Waals surface area contributed by atoms with Crippen LogP contribution in [0.2, 0.25) is 0 Å². The topological polar surface area (TPSA) is 60.9 Å². The van der Waals surface area contributed by atoms with Gasteiger partial charge in [-0.25, -0.2) is 0 Å². The quantitative estimate of drug-likeness (QED) is 0.248. The van der Waals surface area contributed by atoms with Crippen LogP contribution in [0.4, 0.5) is 11.4 Å². The molecule has 2 heterocycles. The van der Waals surface area contributed by atoms with Crippen molar-refractivity contribution in [3.8, 4) is 5.75 Å². The van der Waals surface area contributed by atoms with E-state index in [1.807, 2.05) is 58.3 Å². The summed E-state index contributed by atoms with van der Waals surface area (Å²) in [6.45, 7) is 1.05. The number of rotatable bonds is 4. The number of nitrogens with zero attached hydrogens (tertiary/aromatic N) is 2. The van der Waals surface area contributed by atoms with E-state index in [1.165, 1.54) is 0 Å². The highest BCUT2D eigenvalue weighted by Gasteiger charge is 2.66. The van der Waals surface area contributed by atoms with Crippen LogP contribution >= 0.6 is 23.2 Å². The zero-order valence-electron chi connectivity index (χ0n) is 23.2. The molecule has 3 saturated carbocycles. The van der Waals surface area contributed by atoms with E-state index >= 15 is 0 Å². The maximum Gasteiger partial charge on any atom is 0.233 e. The monoisotopic (exact) mass is 597 g/mol. The molecule has 3 aliphatic carbocycles. The Morgan fingerprint density at radius 1 is 0.810 bits per heavy atom. The van der Waals surface area contributed by atoms with Gasteiger partial charge in [-0.15, -0.1) is 23.2 Å². The average molecular weight is 599 g/mol. The number of amides is 2. The minimum atomic E-state index is -0.572. The fourth-order valence-electron chi connectivity index (χ4n) is 8.78. The summed E-state index contributed by atoms with van der Waals surface area (Å²) in [4.78, 5) is 32.6. The van der Waals surface area contributed by atoms with E-state index in [-0.39, 0.29) is 29.4 Å². The van der Waals surface area contributed by atoms with Gasteiger partial charge in [0.1, 0.15) is 5.75 Å². The maximum atomic E-state index is 14.4. The first-order valence-corrected chi connectivity index (χ1v) is 15.9. The van der Waals surface area contributed by atoms with E-state index < -0.39 is 10.8 Å². The minimum Gasteiger partial charge on any atom is -0.507 e. The largest absolute Gasteiger partial charge is 0.507 e. The third-order valence-electron chi connectivity index (χ3n) is 10.5. The molecule has 3 fully saturated rings. The van der Waals surface area contributed by atoms with Crippen LogP contribution in [0.3, 0.4) is 0 Å². The third-order valence-corrected chi connectivity index (χ3v) is 11.3. The Balaban J connectivity index is 1.11. The van der Waals surface area contributed by atoms with Crippen molar-refractivity contribution < 1.29 is 14.7 Å². The number of hydrogen-bond acceptors (Lipinski definition) is 3. The molecule has 5 aliphatic rings. The van der Waals surface area contributed by atoms with Crippen LogP contribution in [0.15, 0.2) is 60.7 Å². The summed E-state index contributed by atoms with van der Waals surface area (Å²) < 4.78 is 0. The second kappa shape index (κ2) is 9.36. The molecule has 2 aliphatic heterocycles. The number of phenolic OH excluding ortho intramolecular Hbond substituents is 1. The SMILES string of the molecule is O=C(N1C[C@@H](CCl)c2c1c[c]c1ccccc21)[C@]12CCC[C@](C(=O)N3C[C@@H](CCl)c4c3cc(O)c3ccccc43)(C1)C2. The Labute approximate surface area is 255 Å². The Bertz CT molecular complexity index is 1800. The predicted molar refractivity (Wildman–Crippen MR) is 168 cm³/mol. The Hall–Kier alpha value is -3.28. The number of halogens is 2. The van der Waals surface area contributed by atoms with Gasteiger partial charge in [0.2, 0.25) is 11.8 Å². The summed E-state index contributed by atoms with van der Waals surface area (Å²) in [5.41, 5.74) is 2.72. The molecule has 4 aromatic carbocycles. The van der Waals surface area contributed by atoms with Gasteiger partial charge in [0.05, 0.1) is 16.5 Å². The minimum absolute atomic E-state index is 0.0118. The molecule has 213 valence electrons. The lowest BCUT2D eigenvalue weighted by Gasteiger charge is -2.59. The highest BCUT2D eigenvalue weighted by Crippen LogP contribution is 2.66. The molecule has 4 aromatic rings. The lowest BCUT2D eigenvalue weighted by atomic mass is 9.44. The molecule has 0 saturated heterocycles. The van der Waals surface area contributed by atoms with Crippen molar-refractivity contribution >= 4 is 67.9 Å². The average Bonchev–Trinajstić information content (AvgIpc) is 3.59. The van der Waals surface area contributed by atoms with Crippen LogP contribution in [0.5, 0.6) is 5.75 Å². The van der Waals surface area contributed by atoms with Crippen LogP contribution in [-0.2, 0) is 9.59 Å². The zero-order chi connectivity index (χ0) is 28.8. The van der Waals surface area contributed by atoms with Gasteiger partial charge in [-0.2, -0.15) is 0 Å². The summed E-state index contributed by atoms with van der Waals surface area (Å²) in [7, 11) is 0. The lowest BCUT2D eigenvalue weighted by molar-refractivity contribution is -0.165. The van der Waals surface area contributed by atoms with Crippen molar-refractivity contribution in [2.45, 2.75) is 43.9 Å². The zero-order valence-corrected chi connectivity index (χ0v) is 24.7. The van der Waals surface area contributed by atoms with E-state index in [4.69, 9.17) is 23.2 Å². The highest BCUT2D eigenvalue weighted by molar-refractivity contribution is 6.19. The van der Waals surface area contributed by atoms with Crippen molar-refractivity contribution in [1.29, 1.82) is 0 Å². The fraction of sp³-hybridized carbons (Fsp3) is 0.371. The number of phenols is 1. The molecule has 5 nitrogen and oxygen atoms in total. The molecule has 1 N–H and O–H groups in total. The standard InChI is InChI=1S/C35H31Cl2N2O3/c36-15-22-17-38(27-11-10-21-6-1-2-7-24(21)30(22)27)32(41)34-12-5-13-35(19-34,20-34)33(42)39-18-23(16-37)31-26-9-4-3-8-25(26)29(40)14-28(31)39/h1-4,6-9,11,14,22-23,40H,5,12-13,15-20H2/t22-,23-,34-,35+/m1/s1. The van der Waals surface area contributed by atoms with Gasteiger partial charge >= 0.3 is 0 Å². The first kappa shape index (κ1) is 26.4. The molecule has 7 heteroatoms. The number of carbonyl (C=O) groups is 2. The first-order chi connectivity index (χ1) is 20.4. The molecule has 2 amide bonds. The van der Waals surface area contributed by atoms with Gasteiger partial charge < -0.3 is 14.9 Å². The molecule has 42 heavy (non-hydrogen) atoms. The number of fused-ring (bicyclic) bond motifs is 8. The molecule has 0 spiro atoms. The van der Waals surface area contributed by atoms with Crippen LogP contribution in [0.1, 0.15) is 55.1 Å². The smallest absolute Gasteiger partial charge is 0.233 e. The van der Waals surface area contributed by atoms with E-state index in [0.717, 1.165) is 63.3 Å². The second-order valence-corrected chi connectivity index (χ2v) is 13.4. The first-order valence-electron chi connectivity index (χ1n) is 14.8. The lowest BCUT2D eigenvalue weighted by Crippen LogP contribution is -2.63. The van der Waals surface area contributed by atoms with Crippen molar-refractivity contribution in [2.75, 3.05) is 34.6 Å². The van der Waals surface area contributed by atoms with Crippen LogP contribution in [0.25, 0.3) is 21.5 Å². The second-order valence-electron chi connectivity index (χ2n) is 12.8. The molecular weight excluding hydrogens is 567 g/mol. The van der Waals surface area contributed by atoms with Gasteiger partial charge in [-0.05, 0) is 65.1 Å². The van der Waals surface area contributed by atoms with Crippen molar-refractivity contribution in [1.82, 2.24) is 0 Å². The number of aromatic hydroxyl groups is 1. The number of hydrogen-bond donors (Lipinski definition) is 1.